The average molecular weight is 491 g/mol. The number of aliphatic hydroxyl groups is 1. The summed E-state index contributed by atoms with van der Waals surface area (Å²) in [6, 6.07) is 21.3. The van der Waals surface area contributed by atoms with Crippen LogP contribution >= 0.6 is 24.0 Å². The van der Waals surface area contributed by atoms with E-state index in [1.807, 2.05) is 36.4 Å². The Morgan fingerprint density at radius 2 is 1.58 bits per heavy atom. The van der Waals surface area contributed by atoms with Gasteiger partial charge in [0.05, 0.1) is 6.42 Å². The van der Waals surface area contributed by atoms with Gasteiger partial charge in [0.15, 0.2) is 0 Å². The maximum atomic E-state index is 12.2. The number of aliphatic hydroxyl groups excluding tert-OH is 1. The number of nitrogens with one attached hydrogen (secondary N) is 2. The van der Waals surface area contributed by atoms with Gasteiger partial charge in [0.1, 0.15) is 24.2 Å². The number of carbonyl (C=O) groups is 1. The first-order valence-corrected chi connectivity index (χ1v) is 10.8. The highest BCUT2D eigenvalue weighted by Gasteiger charge is 2.06. The minimum atomic E-state index is -0.637. The van der Waals surface area contributed by atoms with Crippen LogP contribution in [0.1, 0.15) is 11.1 Å². The predicted molar refractivity (Wildman–Crippen MR) is 134 cm³/mol. The van der Waals surface area contributed by atoms with Crippen molar-refractivity contribution in [2.75, 3.05) is 25.0 Å². The second-order valence-corrected chi connectivity index (χ2v) is 7.90. The number of benzene rings is 3. The van der Waals surface area contributed by atoms with Gasteiger partial charge in [0, 0.05) is 17.3 Å². The van der Waals surface area contributed by atoms with E-state index in [1.54, 1.807) is 24.3 Å². The summed E-state index contributed by atoms with van der Waals surface area (Å²) in [6.45, 7) is 1.29. The lowest BCUT2D eigenvalue weighted by molar-refractivity contribution is -0.115. The third kappa shape index (κ3) is 9.72. The molecule has 176 valence electrons. The number of ether oxygens (including phenoxy) is 1. The molecular weight excluding hydrogens is 463 g/mol. The van der Waals surface area contributed by atoms with Gasteiger partial charge in [0.2, 0.25) is 5.91 Å². The van der Waals surface area contributed by atoms with Crippen molar-refractivity contribution in [3.63, 3.8) is 0 Å². The largest absolute Gasteiger partial charge is 0.508 e. The fourth-order valence-electron chi connectivity index (χ4n) is 3.04. The lowest BCUT2D eigenvalue weighted by Gasteiger charge is -2.13. The van der Waals surface area contributed by atoms with Gasteiger partial charge in [-0.3, -0.25) is 4.79 Å². The first-order valence-electron chi connectivity index (χ1n) is 10.4. The van der Waals surface area contributed by atoms with E-state index in [1.165, 1.54) is 12.1 Å². The van der Waals surface area contributed by atoms with Crippen molar-refractivity contribution < 1.29 is 19.7 Å². The number of halogens is 2. The summed E-state index contributed by atoms with van der Waals surface area (Å²) in [5, 5.41) is 26.0. The van der Waals surface area contributed by atoms with Crippen LogP contribution in [0.2, 0.25) is 5.02 Å². The Balaban J connectivity index is 0.00000385. The normalized spacial score (nSPS) is 11.3. The van der Waals surface area contributed by atoms with E-state index in [0.717, 1.165) is 23.2 Å². The topological polar surface area (TPSA) is 90.8 Å². The van der Waals surface area contributed by atoms with Crippen LogP contribution in [0.25, 0.3) is 0 Å². The minimum Gasteiger partial charge on any atom is -0.508 e. The molecule has 0 aliphatic carbocycles. The Morgan fingerprint density at radius 3 is 2.24 bits per heavy atom. The molecule has 0 fully saturated rings. The van der Waals surface area contributed by atoms with Crippen LogP contribution in [0.4, 0.5) is 5.69 Å². The number of carbonyl (C=O) groups excluding carboxylic acids is 1. The summed E-state index contributed by atoms with van der Waals surface area (Å²) < 4.78 is 5.48. The number of aromatic hydroxyl groups is 1. The Kier molecular flexibility index (Phi) is 11.0. The van der Waals surface area contributed by atoms with Crippen molar-refractivity contribution in [2.24, 2.45) is 0 Å². The maximum absolute atomic E-state index is 12.2. The van der Waals surface area contributed by atoms with E-state index in [0.29, 0.717) is 30.3 Å². The van der Waals surface area contributed by atoms with Crippen LogP contribution in [-0.2, 0) is 17.6 Å². The molecule has 0 saturated carbocycles. The molecule has 1 amide bonds. The van der Waals surface area contributed by atoms with Gasteiger partial charge < -0.3 is 25.6 Å². The molecule has 0 bridgehead atoms. The number of amides is 1. The lowest BCUT2D eigenvalue weighted by Crippen LogP contribution is -2.32. The molecule has 0 radical (unpaired) electrons. The fraction of sp³-hybridized carbons (Fsp3) is 0.240. The molecular formula is C25H28Cl2N2O4. The van der Waals surface area contributed by atoms with Crippen molar-refractivity contribution in [1.29, 1.82) is 0 Å². The summed E-state index contributed by atoms with van der Waals surface area (Å²) in [6.07, 6.45) is 0.452. The van der Waals surface area contributed by atoms with Gasteiger partial charge in [-0.25, -0.2) is 0 Å². The van der Waals surface area contributed by atoms with Gasteiger partial charge in [-0.15, -0.1) is 12.4 Å². The van der Waals surface area contributed by atoms with Crippen LogP contribution < -0.4 is 15.4 Å². The second-order valence-electron chi connectivity index (χ2n) is 7.46. The van der Waals surface area contributed by atoms with Crippen molar-refractivity contribution >= 4 is 35.6 Å². The van der Waals surface area contributed by atoms with Crippen LogP contribution in [0.15, 0.2) is 72.8 Å². The predicted octanol–water partition coefficient (Wildman–Crippen LogP) is 4.22. The third-order valence-electron chi connectivity index (χ3n) is 4.77. The Hall–Kier alpha value is -2.77. The van der Waals surface area contributed by atoms with Crippen molar-refractivity contribution in [3.05, 3.63) is 88.9 Å². The molecule has 0 heterocycles. The lowest BCUT2D eigenvalue weighted by atomic mass is 10.1. The van der Waals surface area contributed by atoms with E-state index < -0.39 is 6.10 Å². The maximum Gasteiger partial charge on any atom is 0.228 e. The first kappa shape index (κ1) is 26.5. The van der Waals surface area contributed by atoms with E-state index in [-0.39, 0.29) is 30.7 Å². The molecule has 1 atom stereocenters. The van der Waals surface area contributed by atoms with Crippen LogP contribution in [0.5, 0.6) is 11.5 Å². The standard InChI is InChI=1S/C25H27ClN2O4.ClH/c26-20-5-1-19(2-6-20)15-25(31)28-21-7-3-18(4-8-21)13-14-27-16-23(30)17-32-24-11-9-22(29)10-12-24;/h1-12,23,27,29-30H,13-17H2,(H,28,31);1H/t23-;/m0./s1. The minimum absolute atomic E-state index is 0. The van der Waals surface area contributed by atoms with E-state index >= 15 is 0 Å². The molecule has 0 aromatic heterocycles. The van der Waals surface area contributed by atoms with E-state index in [2.05, 4.69) is 10.6 Å². The smallest absolute Gasteiger partial charge is 0.228 e. The van der Waals surface area contributed by atoms with Gasteiger partial charge in [-0.05, 0) is 72.6 Å². The van der Waals surface area contributed by atoms with Gasteiger partial charge in [0.25, 0.3) is 0 Å². The molecule has 6 nitrogen and oxygen atoms in total. The monoisotopic (exact) mass is 490 g/mol. The second kappa shape index (κ2) is 13.7. The highest BCUT2D eigenvalue weighted by atomic mass is 35.5. The number of rotatable bonds is 11. The molecule has 3 aromatic rings. The molecule has 3 rings (SSSR count). The van der Waals surface area contributed by atoms with E-state index in [9.17, 15) is 15.0 Å². The SMILES string of the molecule is Cl.O=C(Cc1ccc(Cl)cc1)Nc1ccc(CCNC[C@H](O)COc2ccc(O)cc2)cc1. The van der Waals surface area contributed by atoms with Crippen LogP contribution in [-0.4, -0.2) is 41.9 Å². The molecule has 0 saturated heterocycles. The van der Waals surface area contributed by atoms with Crippen molar-refractivity contribution in [1.82, 2.24) is 5.32 Å². The number of hydrogen-bond donors (Lipinski definition) is 4. The number of hydrogen-bond acceptors (Lipinski definition) is 5. The molecule has 3 aromatic carbocycles. The molecule has 0 spiro atoms. The van der Waals surface area contributed by atoms with Gasteiger partial charge >= 0.3 is 0 Å². The number of phenolic OH excluding ortho intramolecular Hbond substituents is 1. The van der Waals surface area contributed by atoms with Gasteiger partial charge in [-0.2, -0.15) is 0 Å². The summed E-state index contributed by atoms with van der Waals surface area (Å²) in [5.41, 5.74) is 2.79. The molecule has 33 heavy (non-hydrogen) atoms. The summed E-state index contributed by atoms with van der Waals surface area (Å²) >= 11 is 5.87. The molecule has 0 unspecified atom stereocenters. The van der Waals surface area contributed by atoms with Crippen molar-refractivity contribution in [2.45, 2.75) is 18.9 Å². The summed E-state index contributed by atoms with van der Waals surface area (Å²) in [7, 11) is 0. The molecule has 0 aliphatic rings. The zero-order chi connectivity index (χ0) is 22.8. The fourth-order valence-corrected chi connectivity index (χ4v) is 3.17. The number of phenols is 1. The zero-order valence-corrected chi connectivity index (χ0v) is 19.6. The third-order valence-corrected chi connectivity index (χ3v) is 5.02. The quantitative estimate of drug-likeness (QED) is 0.302. The zero-order valence-electron chi connectivity index (χ0n) is 18.0. The molecule has 0 aliphatic heterocycles. The molecule has 8 heteroatoms. The summed E-state index contributed by atoms with van der Waals surface area (Å²) in [5.74, 6) is 0.695. The first-order chi connectivity index (χ1) is 15.5. The molecule has 4 N–H and O–H groups in total. The van der Waals surface area contributed by atoms with Gasteiger partial charge in [-0.1, -0.05) is 35.9 Å². The summed E-state index contributed by atoms with van der Waals surface area (Å²) in [4.78, 5) is 12.2. The van der Waals surface area contributed by atoms with Crippen LogP contribution in [0, 0.1) is 0 Å². The van der Waals surface area contributed by atoms with Crippen molar-refractivity contribution in [3.8, 4) is 11.5 Å². The highest BCUT2D eigenvalue weighted by Crippen LogP contribution is 2.16. The Bertz CT molecular complexity index is 981. The highest BCUT2D eigenvalue weighted by molar-refractivity contribution is 6.30. The Morgan fingerprint density at radius 1 is 0.939 bits per heavy atom. The number of anilines is 1. The van der Waals surface area contributed by atoms with E-state index in [4.69, 9.17) is 16.3 Å². The average Bonchev–Trinajstić information content (AvgIpc) is 2.79. The Labute approximate surface area is 205 Å². The van der Waals surface area contributed by atoms with Crippen LogP contribution in [0.3, 0.4) is 0 Å².